The molecule has 3 nitrogen and oxygen atoms in total. The number of ether oxygens (including phenoxy) is 2. The van der Waals surface area contributed by atoms with Gasteiger partial charge in [-0.1, -0.05) is 0 Å². The molecule has 1 heterocycles. The average molecular weight is 343 g/mol. The van der Waals surface area contributed by atoms with Gasteiger partial charge in [-0.3, -0.25) is 0 Å². The van der Waals surface area contributed by atoms with Crippen molar-refractivity contribution in [1.82, 2.24) is 0 Å². The second-order valence-corrected chi connectivity index (χ2v) is 5.55. The second kappa shape index (κ2) is 6.93. The maximum atomic E-state index is 9.21. The molecule has 1 N–H and O–H groups in total. The molecule has 0 unspecified atom stereocenters. The van der Waals surface area contributed by atoms with E-state index < -0.39 is 0 Å². The molecule has 5 heteroatoms. The molecule has 1 aromatic heterocycles. The lowest BCUT2D eigenvalue weighted by Gasteiger charge is -2.14. The fourth-order valence-corrected chi connectivity index (χ4v) is 2.90. The van der Waals surface area contributed by atoms with Crippen molar-refractivity contribution in [3.05, 3.63) is 44.6 Å². The van der Waals surface area contributed by atoms with Gasteiger partial charge in [0.05, 0.1) is 17.7 Å². The number of benzene rings is 1. The SMILES string of the molecule is CCOc1cc(CO)cc(Br)c1OCc1ccsc1. The van der Waals surface area contributed by atoms with Gasteiger partial charge < -0.3 is 14.6 Å². The molecule has 19 heavy (non-hydrogen) atoms. The van der Waals surface area contributed by atoms with Crippen LogP contribution in [0.15, 0.2) is 33.4 Å². The molecule has 0 fully saturated rings. The van der Waals surface area contributed by atoms with Crippen LogP contribution in [0.2, 0.25) is 0 Å². The van der Waals surface area contributed by atoms with Crippen molar-refractivity contribution < 1.29 is 14.6 Å². The lowest BCUT2D eigenvalue weighted by atomic mass is 10.2. The van der Waals surface area contributed by atoms with Crippen molar-refractivity contribution in [2.75, 3.05) is 6.61 Å². The molecule has 0 bridgehead atoms. The number of rotatable bonds is 6. The van der Waals surface area contributed by atoms with Crippen molar-refractivity contribution in [3.8, 4) is 11.5 Å². The topological polar surface area (TPSA) is 38.7 Å². The summed E-state index contributed by atoms with van der Waals surface area (Å²) in [5.41, 5.74) is 1.92. The van der Waals surface area contributed by atoms with Crippen molar-refractivity contribution in [2.24, 2.45) is 0 Å². The van der Waals surface area contributed by atoms with E-state index in [1.807, 2.05) is 24.4 Å². The van der Waals surface area contributed by atoms with Gasteiger partial charge in [-0.2, -0.15) is 11.3 Å². The first-order chi connectivity index (χ1) is 9.24. The Balaban J connectivity index is 2.21. The fraction of sp³-hybridized carbons (Fsp3) is 0.286. The molecule has 2 aromatic rings. The van der Waals surface area contributed by atoms with E-state index in [-0.39, 0.29) is 6.61 Å². The van der Waals surface area contributed by atoms with E-state index in [2.05, 4.69) is 21.3 Å². The number of halogens is 1. The van der Waals surface area contributed by atoms with E-state index >= 15 is 0 Å². The summed E-state index contributed by atoms with van der Waals surface area (Å²) in [6.07, 6.45) is 0. The fourth-order valence-electron chi connectivity index (χ4n) is 1.65. The summed E-state index contributed by atoms with van der Waals surface area (Å²) in [5.74, 6) is 1.32. The Labute approximate surface area is 124 Å². The Morgan fingerprint density at radius 2 is 2.11 bits per heavy atom. The Morgan fingerprint density at radius 1 is 1.26 bits per heavy atom. The van der Waals surface area contributed by atoms with Crippen LogP contribution in [0.4, 0.5) is 0 Å². The molecule has 0 amide bonds. The van der Waals surface area contributed by atoms with Crippen molar-refractivity contribution in [1.29, 1.82) is 0 Å². The first kappa shape index (κ1) is 14.4. The van der Waals surface area contributed by atoms with Crippen LogP contribution in [0.5, 0.6) is 11.5 Å². The van der Waals surface area contributed by atoms with Crippen LogP contribution in [0, 0.1) is 0 Å². The summed E-state index contributed by atoms with van der Waals surface area (Å²) in [6.45, 7) is 2.95. The summed E-state index contributed by atoms with van der Waals surface area (Å²) in [5, 5.41) is 13.3. The van der Waals surface area contributed by atoms with E-state index in [0.29, 0.717) is 24.7 Å². The molecule has 102 valence electrons. The summed E-state index contributed by atoms with van der Waals surface area (Å²) in [7, 11) is 0. The number of aliphatic hydroxyl groups excluding tert-OH is 1. The van der Waals surface area contributed by atoms with Crippen LogP contribution in [-0.4, -0.2) is 11.7 Å². The third-order valence-electron chi connectivity index (χ3n) is 2.52. The van der Waals surface area contributed by atoms with Crippen molar-refractivity contribution in [2.45, 2.75) is 20.1 Å². The predicted octanol–water partition coefficient (Wildman–Crippen LogP) is 3.98. The normalized spacial score (nSPS) is 10.5. The smallest absolute Gasteiger partial charge is 0.175 e. The maximum absolute atomic E-state index is 9.21. The number of thiophene rings is 1. The minimum Gasteiger partial charge on any atom is -0.490 e. The molecule has 2 rings (SSSR count). The monoisotopic (exact) mass is 342 g/mol. The van der Waals surface area contributed by atoms with Gasteiger partial charge in [-0.05, 0) is 62.9 Å². The van der Waals surface area contributed by atoms with E-state index in [0.717, 1.165) is 15.6 Å². The van der Waals surface area contributed by atoms with Crippen LogP contribution in [0.3, 0.4) is 0 Å². The molecule has 0 saturated carbocycles. The van der Waals surface area contributed by atoms with Gasteiger partial charge in [-0.25, -0.2) is 0 Å². The van der Waals surface area contributed by atoms with Gasteiger partial charge in [0.15, 0.2) is 11.5 Å². The van der Waals surface area contributed by atoms with Gasteiger partial charge in [0.1, 0.15) is 6.61 Å². The minimum absolute atomic E-state index is 0.0243. The lowest BCUT2D eigenvalue weighted by molar-refractivity contribution is 0.262. The van der Waals surface area contributed by atoms with E-state index in [9.17, 15) is 5.11 Å². The quantitative estimate of drug-likeness (QED) is 0.862. The standard InChI is InChI=1S/C14H15BrO3S/c1-2-17-13-6-11(7-16)5-12(15)14(13)18-8-10-3-4-19-9-10/h3-6,9,16H,2,7-8H2,1H3. The van der Waals surface area contributed by atoms with Crippen molar-refractivity contribution >= 4 is 27.3 Å². The Morgan fingerprint density at radius 3 is 2.74 bits per heavy atom. The van der Waals surface area contributed by atoms with E-state index in [1.165, 1.54) is 0 Å². The molecule has 0 aliphatic heterocycles. The average Bonchev–Trinajstić information content (AvgIpc) is 2.91. The highest BCUT2D eigenvalue weighted by atomic mass is 79.9. The molecular formula is C14H15BrO3S. The zero-order valence-electron chi connectivity index (χ0n) is 10.6. The van der Waals surface area contributed by atoms with Gasteiger partial charge in [0.25, 0.3) is 0 Å². The van der Waals surface area contributed by atoms with Crippen LogP contribution in [-0.2, 0) is 13.2 Å². The molecule has 0 aliphatic rings. The Hall–Kier alpha value is -1.04. The molecule has 0 aliphatic carbocycles. The molecule has 0 atom stereocenters. The van der Waals surface area contributed by atoms with Gasteiger partial charge in [0, 0.05) is 0 Å². The van der Waals surface area contributed by atoms with E-state index in [4.69, 9.17) is 9.47 Å². The predicted molar refractivity (Wildman–Crippen MR) is 79.9 cm³/mol. The maximum Gasteiger partial charge on any atom is 0.175 e. The highest BCUT2D eigenvalue weighted by molar-refractivity contribution is 9.10. The molecule has 1 aromatic carbocycles. The zero-order valence-corrected chi connectivity index (χ0v) is 13.0. The number of aliphatic hydroxyl groups is 1. The summed E-state index contributed by atoms with van der Waals surface area (Å²) >= 11 is 5.10. The largest absolute Gasteiger partial charge is 0.490 e. The Bertz CT molecular complexity index is 526. The second-order valence-electron chi connectivity index (χ2n) is 3.92. The third-order valence-corrected chi connectivity index (χ3v) is 3.84. The van der Waals surface area contributed by atoms with Gasteiger partial charge in [-0.15, -0.1) is 0 Å². The van der Waals surface area contributed by atoms with Crippen LogP contribution in [0.25, 0.3) is 0 Å². The van der Waals surface area contributed by atoms with Crippen LogP contribution in [0.1, 0.15) is 18.1 Å². The van der Waals surface area contributed by atoms with Gasteiger partial charge in [0.2, 0.25) is 0 Å². The van der Waals surface area contributed by atoms with Crippen LogP contribution < -0.4 is 9.47 Å². The molecule has 0 radical (unpaired) electrons. The third kappa shape index (κ3) is 3.72. The lowest BCUT2D eigenvalue weighted by Crippen LogP contribution is -2.01. The first-order valence-corrected chi connectivity index (χ1v) is 7.68. The zero-order chi connectivity index (χ0) is 13.7. The number of hydrogen-bond donors (Lipinski definition) is 1. The molecule has 0 spiro atoms. The molecule has 0 saturated heterocycles. The summed E-state index contributed by atoms with van der Waals surface area (Å²) in [6, 6.07) is 5.67. The van der Waals surface area contributed by atoms with Gasteiger partial charge >= 0.3 is 0 Å². The Kier molecular flexibility index (Phi) is 5.24. The first-order valence-electron chi connectivity index (χ1n) is 5.94. The number of hydrogen-bond acceptors (Lipinski definition) is 4. The highest BCUT2D eigenvalue weighted by Gasteiger charge is 2.12. The van der Waals surface area contributed by atoms with E-state index in [1.54, 1.807) is 17.4 Å². The van der Waals surface area contributed by atoms with Crippen LogP contribution >= 0.6 is 27.3 Å². The molecular weight excluding hydrogens is 328 g/mol. The summed E-state index contributed by atoms with van der Waals surface area (Å²) < 4.78 is 12.2. The highest BCUT2D eigenvalue weighted by Crippen LogP contribution is 2.37. The minimum atomic E-state index is -0.0243. The van der Waals surface area contributed by atoms with Crippen molar-refractivity contribution in [3.63, 3.8) is 0 Å². The summed E-state index contributed by atoms with van der Waals surface area (Å²) in [4.78, 5) is 0.